The molecule has 0 heterocycles. The number of hydrogen-bond donors (Lipinski definition) is 2. The second-order valence-corrected chi connectivity index (χ2v) is 3.60. The average Bonchev–Trinajstić information content (AvgIpc) is 2.29. The van der Waals surface area contributed by atoms with Crippen molar-refractivity contribution in [3.05, 3.63) is 35.9 Å². The van der Waals surface area contributed by atoms with E-state index in [9.17, 15) is 9.59 Å². The Kier molecular flexibility index (Phi) is 5.74. The van der Waals surface area contributed by atoms with Crippen molar-refractivity contribution in [2.75, 3.05) is 6.54 Å². The number of primary amides is 1. The van der Waals surface area contributed by atoms with Crippen LogP contribution in [-0.2, 0) is 20.8 Å². The van der Waals surface area contributed by atoms with Gasteiger partial charge in [-0.05, 0) is 12.0 Å². The van der Waals surface area contributed by atoms with Gasteiger partial charge in [0.05, 0.1) is 6.42 Å². The van der Waals surface area contributed by atoms with Crippen LogP contribution in [0.25, 0.3) is 0 Å². The van der Waals surface area contributed by atoms with Gasteiger partial charge < -0.3 is 10.6 Å². The Bertz CT molecular complexity index is 365. The molecule has 0 fully saturated rings. The van der Waals surface area contributed by atoms with Crippen molar-refractivity contribution in [2.24, 2.45) is 5.73 Å². The van der Waals surface area contributed by atoms with Gasteiger partial charge in [0.2, 0.25) is 5.91 Å². The highest BCUT2D eigenvalue weighted by molar-refractivity contribution is 5.73. The third-order valence-corrected chi connectivity index (χ3v) is 2.08. The number of benzene rings is 1. The average molecular weight is 236 g/mol. The lowest BCUT2D eigenvalue weighted by Crippen LogP contribution is -2.23. The molecular formula is C12H16N2O3. The second-order valence-electron chi connectivity index (χ2n) is 3.60. The van der Waals surface area contributed by atoms with Crippen LogP contribution in [0.4, 0.5) is 0 Å². The van der Waals surface area contributed by atoms with Gasteiger partial charge in [-0.15, -0.1) is 0 Å². The Morgan fingerprint density at radius 1 is 1.24 bits per heavy atom. The number of amides is 1. The number of rotatable bonds is 7. The molecule has 0 atom stereocenters. The number of nitrogens with one attached hydrogen (secondary N) is 1. The fourth-order valence-electron chi connectivity index (χ4n) is 1.26. The number of carbonyl (C=O) groups is 2. The Balaban J connectivity index is 2.12. The van der Waals surface area contributed by atoms with Crippen LogP contribution in [0, 0.1) is 0 Å². The fraction of sp³-hybridized carbons (Fsp3) is 0.333. The number of nitrogens with two attached hydrogens (primary N) is 1. The van der Waals surface area contributed by atoms with Gasteiger partial charge >= 0.3 is 5.97 Å². The molecule has 0 bridgehead atoms. The summed E-state index contributed by atoms with van der Waals surface area (Å²) < 4.78 is 0. The minimum Gasteiger partial charge on any atom is -0.370 e. The van der Waals surface area contributed by atoms with E-state index in [0.717, 1.165) is 5.56 Å². The first-order valence-electron chi connectivity index (χ1n) is 5.43. The Labute approximate surface area is 99.9 Å². The Morgan fingerprint density at radius 3 is 2.59 bits per heavy atom. The van der Waals surface area contributed by atoms with Crippen molar-refractivity contribution in [1.82, 2.24) is 5.48 Å². The summed E-state index contributed by atoms with van der Waals surface area (Å²) in [6, 6.07) is 9.32. The van der Waals surface area contributed by atoms with Crippen molar-refractivity contribution in [3.8, 4) is 0 Å². The lowest BCUT2D eigenvalue weighted by molar-refractivity contribution is -0.150. The van der Waals surface area contributed by atoms with Gasteiger partial charge in [0, 0.05) is 13.0 Å². The molecule has 0 unspecified atom stereocenters. The van der Waals surface area contributed by atoms with Gasteiger partial charge in [-0.1, -0.05) is 30.3 Å². The fourth-order valence-corrected chi connectivity index (χ4v) is 1.26. The van der Waals surface area contributed by atoms with Crippen molar-refractivity contribution < 1.29 is 14.4 Å². The van der Waals surface area contributed by atoms with E-state index in [-0.39, 0.29) is 24.7 Å². The van der Waals surface area contributed by atoms with Crippen LogP contribution in [0.3, 0.4) is 0 Å². The SMILES string of the molecule is NC(=O)CCCNOC(=O)Cc1ccccc1. The zero-order chi connectivity index (χ0) is 12.5. The van der Waals surface area contributed by atoms with Crippen molar-refractivity contribution in [2.45, 2.75) is 19.3 Å². The first-order chi connectivity index (χ1) is 8.18. The van der Waals surface area contributed by atoms with Crippen LogP contribution < -0.4 is 11.2 Å². The zero-order valence-corrected chi connectivity index (χ0v) is 9.52. The standard InChI is InChI=1S/C12H16N2O3/c13-11(15)7-4-8-14-17-12(16)9-10-5-2-1-3-6-10/h1-3,5-6,14H,4,7-9H2,(H2,13,15). The van der Waals surface area contributed by atoms with E-state index in [1.54, 1.807) is 0 Å². The maximum atomic E-state index is 11.3. The molecule has 17 heavy (non-hydrogen) atoms. The molecule has 0 radical (unpaired) electrons. The van der Waals surface area contributed by atoms with E-state index >= 15 is 0 Å². The maximum Gasteiger partial charge on any atom is 0.329 e. The molecule has 0 saturated heterocycles. The quantitative estimate of drug-likeness (QED) is 0.535. The molecule has 5 nitrogen and oxygen atoms in total. The summed E-state index contributed by atoms with van der Waals surface area (Å²) in [4.78, 5) is 26.5. The van der Waals surface area contributed by atoms with E-state index in [4.69, 9.17) is 10.6 Å². The largest absolute Gasteiger partial charge is 0.370 e. The van der Waals surface area contributed by atoms with Gasteiger partial charge in [-0.3, -0.25) is 9.59 Å². The Hall–Kier alpha value is -1.88. The lowest BCUT2D eigenvalue weighted by atomic mass is 10.2. The van der Waals surface area contributed by atoms with Gasteiger partial charge in [0.1, 0.15) is 0 Å². The van der Waals surface area contributed by atoms with Crippen molar-refractivity contribution in [1.29, 1.82) is 0 Å². The second kappa shape index (κ2) is 7.40. The highest BCUT2D eigenvalue weighted by Crippen LogP contribution is 2.00. The summed E-state index contributed by atoms with van der Waals surface area (Å²) in [7, 11) is 0. The molecule has 1 aromatic rings. The maximum absolute atomic E-state index is 11.3. The van der Waals surface area contributed by atoms with E-state index < -0.39 is 0 Å². The monoisotopic (exact) mass is 236 g/mol. The normalized spacial score (nSPS) is 9.88. The lowest BCUT2D eigenvalue weighted by Gasteiger charge is -2.05. The van der Waals surface area contributed by atoms with Crippen LogP contribution in [0.1, 0.15) is 18.4 Å². The van der Waals surface area contributed by atoms with E-state index in [1.807, 2.05) is 30.3 Å². The van der Waals surface area contributed by atoms with Gasteiger partial charge in [-0.25, -0.2) is 0 Å². The van der Waals surface area contributed by atoms with Crippen LogP contribution in [-0.4, -0.2) is 18.4 Å². The summed E-state index contributed by atoms with van der Waals surface area (Å²) >= 11 is 0. The third kappa shape index (κ3) is 6.32. The van der Waals surface area contributed by atoms with Crippen LogP contribution in [0.5, 0.6) is 0 Å². The Morgan fingerprint density at radius 2 is 1.94 bits per heavy atom. The summed E-state index contributed by atoms with van der Waals surface area (Å²) in [5.74, 6) is -0.710. The molecule has 0 aromatic heterocycles. The number of hydrogen-bond acceptors (Lipinski definition) is 4. The number of hydroxylamine groups is 1. The molecule has 0 aliphatic rings. The highest BCUT2D eigenvalue weighted by atomic mass is 16.7. The van der Waals surface area contributed by atoms with E-state index in [0.29, 0.717) is 13.0 Å². The van der Waals surface area contributed by atoms with Gasteiger partial charge in [0.15, 0.2) is 0 Å². The number of carbonyl (C=O) groups excluding carboxylic acids is 2. The van der Waals surface area contributed by atoms with Gasteiger partial charge in [0.25, 0.3) is 0 Å². The predicted octanol–water partition coefficient (Wildman–Crippen LogP) is 0.542. The molecule has 1 aromatic carbocycles. The molecule has 3 N–H and O–H groups in total. The molecule has 1 rings (SSSR count). The minimum atomic E-state index is -0.359. The smallest absolute Gasteiger partial charge is 0.329 e. The molecule has 0 aliphatic heterocycles. The summed E-state index contributed by atoms with van der Waals surface area (Å²) in [6.07, 6.45) is 1.06. The summed E-state index contributed by atoms with van der Waals surface area (Å²) in [6.45, 7) is 0.420. The molecule has 92 valence electrons. The summed E-state index contributed by atoms with van der Waals surface area (Å²) in [5.41, 5.74) is 8.37. The third-order valence-electron chi connectivity index (χ3n) is 2.08. The molecule has 0 aliphatic carbocycles. The first kappa shape index (κ1) is 13.2. The van der Waals surface area contributed by atoms with Crippen LogP contribution in [0.15, 0.2) is 30.3 Å². The van der Waals surface area contributed by atoms with E-state index in [2.05, 4.69) is 5.48 Å². The zero-order valence-electron chi connectivity index (χ0n) is 9.52. The van der Waals surface area contributed by atoms with Crippen molar-refractivity contribution in [3.63, 3.8) is 0 Å². The molecule has 0 spiro atoms. The van der Waals surface area contributed by atoms with E-state index in [1.165, 1.54) is 0 Å². The topological polar surface area (TPSA) is 81.4 Å². The highest BCUT2D eigenvalue weighted by Gasteiger charge is 2.04. The summed E-state index contributed by atoms with van der Waals surface area (Å²) in [5, 5.41) is 0. The molecular weight excluding hydrogens is 220 g/mol. The van der Waals surface area contributed by atoms with Crippen molar-refractivity contribution >= 4 is 11.9 Å². The van der Waals surface area contributed by atoms with Crippen LogP contribution >= 0.6 is 0 Å². The molecule has 5 heteroatoms. The predicted molar refractivity (Wildman–Crippen MR) is 62.7 cm³/mol. The minimum absolute atomic E-state index is 0.226. The molecule has 0 saturated carbocycles. The first-order valence-corrected chi connectivity index (χ1v) is 5.43. The van der Waals surface area contributed by atoms with Gasteiger partial charge in [-0.2, -0.15) is 5.48 Å². The molecule has 1 amide bonds. The van der Waals surface area contributed by atoms with Crippen LogP contribution in [0.2, 0.25) is 0 Å².